The van der Waals surface area contributed by atoms with Gasteiger partial charge in [0.15, 0.2) is 22.4 Å². The highest BCUT2D eigenvalue weighted by atomic mass is 19.1. The molecule has 2 heterocycles. The number of nitrogens with zero attached hydrogens (tertiary/aromatic N) is 3. The van der Waals surface area contributed by atoms with E-state index in [1.165, 1.54) is 12.3 Å². The van der Waals surface area contributed by atoms with E-state index in [-0.39, 0.29) is 27.6 Å². The van der Waals surface area contributed by atoms with E-state index in [1.807, 2.05) is 52.5 Å². The normalized spacial score (nSPS) is 12.2. The molecule has 0 atom stereocenters. The fraction of sp³-hybridized carbons (Fsp3) is 0.343. The molecule has 0 saturated heterocycles. The molecule has 2 aromatic heterocycles. The lowest BCUT2D eigenvalue weighted by Crippen LogP contribution is -2.30. The molecule has 10 heteroatoms. The van der Waals surface area contributed by atoms with Crippen LogP contribution in [-0.4, -0.2) is 74.5 Å². The third-order valence-electron chi connectivity index (χ3n) is 8.37. The van der Waals surface area contributed by atoms with Crippen LogP contribution < -0.4 is 21.5 Å². The zero-order chi connectivity index (χ0) is 31.8. The Bertz CT molecular complexity index is 2170. The van der Waals surface area contributed by atoms with Crippen LogP contribution in [0.4, 0.5) is 10.1 Å². The molecule has 0 aliphatic rings. The van der Waals surface area contributed by atoms with Crippen LogP contribution in [0, 0.1) is 5.82 Å². The highest BCUT2D eigenvalue weighted by Gasteiger charge is 2.24. The van der Waals surface area contributed by atoms with E-state index >= 15 is 4.39 Å². The average molecular weight is 612 g/mol. The first-order chi connectivity index (χ1) is 21.7. The molecular weight excluding hydrogens is 573 g/mol. The molecule has 4 aromatic carbocycles. The second kappa shape index (κ2) is 12.5. The van der Waals surface area contributed by atoms with Crippen molar-refractivity contribution < 1.29 is 13.6 Å². The molecule has 0 fully saturated rings. The Morgan fingerprint density at radius 1 is 0.822 bits per heavy atom. The third-order valence-corrected chi connectivity index (χ3v) is 8.37. The summed E-state index contributed by atoms with van der Waals surface area (Å²) in [6.45, 7) is 2.70. The van der Waals surface area contributed by atoms with E-state index in [4.69, 9.17) is 4.42 Å². The molecule has 0 bridgehead atoms. The predicted molar refractivity (Wildman–Crippen MR) is 180 cm³/mol. The van der Waals surface area contributed by atoms with Gasteiger partial charge in [-0.1, -0.05) is 24.3 Å². The van der Waals surface area contributed by atoms with Gasteiger partial charge in [0.2, 0.25) is 5.43 Å². The van der Waals surface area contributed by atoms with E-state index in [0.29, 0.717) is 40.5 Å². The quantitative estimate of drug-likeness (QED) is 0.111. The number of hydrogen-bond acceptors (Lipinski definition) is 7. The molecular formula is C35H38FN5O4. The molecule has 0 unspecified atom stereocenters. The van der Waals surface area contributed by atoms with E-state index < -0.39 is 17.2 Å². The summed E-state index contributed by atoms with van der Waals surface area (Å²) < 4.78 is 23.9. The Balaban J connectivity index is 1.54. The van der Waals surface area contributed by atoms with Gasteiger partial charge >= 0.3 is 0 Å². The Hall–Kier alpha value is -4.54. The number of carbonyl (C=O) groups is 1. The average Bonchev–Trinajstić information content (AvgIpc) is 3.28. The summed E-state index contributed by atoms with van der Waals surface area (Å²) in [5.74, 6) is -1.17. The SMILES string of the molecule is CN(C)CCCCNC(=O)c1cn2c3cc4c(cc3oc3c(NCCCCN(C)C)c(F)cc(c1=O)c32)c(=O)c1ccccc14. The number of amides is 1. The van der Waals surface area contributed by atoms with Gasteiger partial charge in [-0.2, -0.15) is 0 Å². The standard InChI is InChI=1S/C35H38FN5O4/c1-39(2)15-9-7-13-37-30-27(36)17-25-31-34(30)45-29-19-24-23(21-11-5-6-12-22(21)32(24)42)18-28(29)41(31)20-26(33(25)43)35(44)38-14-8-10-16-40(3)4/h5-6,11-12,17-20,37H,7-10,13-16H2,1-4H3,(H,38,44). The number of halogens is 1. The number of hydrogen-bond donors (Lipinski definition) is 2. The molecule has 0 spiro atoms. The van der Waals surface area contributed by atoms with Gasteiger partial charge in [-0.3, -0.25) is 14.4 Å². The number of nitrogens with one attached hydrogen (secondary N) is 2. The van der Waals surface area contributed by atoms with Crippen molar-refractivity contribution >= 4 is 60.7 Å². The maximum Gasteiger partial charge on any atom is 0.256 e. The molecule has 0 saturated carbocycles. The first kappa shape index (κ1) is 30.5. The number of anilines is 1. The number of unbranched alkanes of at least 4 members (excludes halogenated alkanes) is 2. The van der Waals surface area contributed by atoms with Gasteiger partial charge in [0.1, 0.15) is 16.8 Å². The van der Waals surface area contributed by atoms with Gasteiger partial charge in [0.05, 0.1) is 10.9 Å². The highest BCUT2D eigenvalue weighted by Crippen LogP contribution is 2.36. The van der Waals surface area contributed by atoms with Crippen LogP contribution in [-0.2, 0) is 0 Å². The maximum absolute atomic E-state index is 15.8. The van der Waals surface area contributed by atoms with Crippen molar-refractivity contribution in [3.63, 3.8) is 0 Å². The minimum absolute atomic E-state index is 0.0449. The third kappa shape index (κ3) is 5.71. The van der Waals surface area contributed by atoms with Gasteiger partial charge in [-0.05, 0) is 95.9 Å². The highest BCUT2D eigenvalue weighted by molar-refractivity contribution is 6.15. The van der Waals surface area contributed by atoms with E-state index in [1.54, 1.807) is 16.5 Å². The molecule has 2 N–H and O–H groups in total. The number of benzene rings is 3. The smallest absolute Gasteiger partial charge is 0.256 e. The maximum atomic E-state index is 15.8. The molecule has 9 nitrogen and oxygen atoms in total. The van der Waals surface area contributed by atoms with Crippen molar-refractivity contribution in [2.24, 2.45) is 0 Å². The van der Waals surface area contributed by atoms with Crippen LogP contribution in [0.15, 0.2) is 62.7 Å². The second-order valence-electron chi connectivity index (χ2n) is 12.2. The van der Waals surface area contributed by atoms with Crippen LogP contribution >= 0.6 is 0 Å². The molecule has 6 aromatic rings. The molecule has 0 aliphatic heterocycles. The number of carbonyl (C=O) groups excluding carboxylic acids is 1. The van der Waals surface area contributed by atoms with Crippen LogP contribution in [0.5, 0.6) is 0 Å². The monoisotopic (exact) mass is 611 g/mol. The predicted octanol–water partition coefficient (Wildman–Crippen LogP) is 5.27. The Morgan fingerprint density at radius 3 is 2.22 bits per heavy atom. The molecule has 45 heavy (non-hydrogen) atoms. The minimum Gasteiger partial charge on any atom is -0.451 e. The summed E-state index contributed by atoms with van der Waals surface area (Å²) in [5.41, 5.74) is 0.775. The van der Waals surface area contributed by atoms with Gasteiger partial charge in [-0.15, -0.1) is 0 Å². The van der Waals surface area contributed by atoms with Crippen LogP contribution in [0.2, 0.25) is 0 Å². The fourth-order valence-electron chi connectivity index (χ4n) is 6.08. The summed E-state index contributed by atoms with van der Waals surface area (Å²) in [6, 6.07) is 12.1. The molecule has 0 radical (unpaired) electrons. The first-order valence-corrected chi connectivity index (χ1v) is 15.4. The van der Waals surface area contributed by atoms with E-state index in [9.17, 15) is 14.4 Å². The van der Waals surface area contributed by atoms with Crippen LogP contribution in [0.3, 0.4) is 0 Å². The summed E-state index contributed by atoms with van der Waals surface area (Å²) >= 11 is 0. The molecule has 1 amide bonds. The minimum atomic E-state index is -0.650. The summed E-state index contributed by atoms with van der Waals surface area (Å²) in [4.78, 5) is 44.6. The fourth-order valence-corrected chi connectivity index (χ4v) is 6.08. The van der Waals surface area contributed by atoms with E-state index in [0.717, 1.165) is 49.5 Å². The van der Waals surface area contributed by atoms with Crippen molar-refractivity contribution in [3.8, 4) is 0 Å². The Labute approximate surface area is 259 Å². The zero-order valence-corrected chi connectivity index (χ0v) is 26.1. The zero-order valence-electron chi connectivity index (χ0n) is 26.1. The van der Waals surface area contributed by atoms with Gasteiger partial charge in [0, 0.05) is 30.1 Å². The first-order valence-electron chi connectivity index (χ1n) is 15.4. The number of rotatable bonds is 12. The van der Waals surface area contributed by atoms with Crippen LogP contribution in [0.1, 0.15) is 36.0 Å². The van der Waals surface area contributed by atoms with Gasteiger partial charge in [-0.25, -0.2) is 4.39 Å². The van der Waals surface area contributed by atoms with Gasteiger partial charge < -0.3 is 29.3 Å². The molecule has 234 valence electrons. The largest absolute Gasteiger partial charge is 0.451 e. The van der Waals surface area contributed by atoms with Crippen LogP contribution in [0.25, 0.3) is 49.1 Å². The summed E-state index contributed by atoms with van der Waals surface area (Å²) in [5, 5.41) is 8.72. The van der Waals surface area contributed by atoms with Crippen molar-refractivity contribution in [2.75, 3.05) is 59.7 Å². The Morgan fingerprint density at radius 2 is 1.51 bits per heavy atom. The number of fused-ring (bicyclic) bond motifs is 5. The summed E-state index contributed by atoms with van der Waals surface area (Å²) in [7, 11) is 7.99. The Kier molecular flexibility index (Phi) is 8.44. The topological polar surface area (TPSA) is 99.3 Å². The molecule has 6 rings (SSSR count). The number of aromatic nitrogens is 1. The van der Waals surface area contributed by atoms with Crippen molar-refractivity contribution in [3.05, 3.63) is 80.5 Å². The van der Waals surface area contributed by atoms with Crippen molar-refractivity contribution in [1.82, 2.24) is 19.5 Å². The summed E-state index contributed by atoms with van der Waals surface area (Å²) in [6.07, 6.45) is 4.88. The van der Waals surface area contributed by atoms with E-state index in [2.05, 4.69) is 20.4 Å². The number of pyridine rings is 1. The lowest BCUT2D eigenvalue weighted by Gasteiger charge is -2.17. The second-order valence-corrected chi connectivity index (χ2v) is 12.2. The van der Waals surface area contributed by atoms with Crippen molar-refractivity contribution in [1.29, 1.82) is 0 Å². The van der Waals surface area contributed by atoms with Gasteiger partial charge in [0.25, 0.3) is 5.91 Å². The van der Waals surface area contributed by atoms with Crippen molar-refractivity contribution in [2.45, 2.75) is 25.7 Å². The lowest BCUT2D eigenvalue weighted by molar-refractivity contribution is 0.0951. The lowest BCUT2D eigenvalue weighted by atomic mass is 10.1. The molecule has 0 aliphatic carbocycles.